The van der Waals surface area contributed by atoms with E-state index in [1.165, 1.54) is 5.56 Å². The van der Waals surface area contributed by atoms with Crippen LogP contribution in [0.25, 0.3) is 0 Å². The minimum atomic E-state index is -0.549. The highest BCUT2D eigenvalue weighted by Crippen LogP contribution is 2.20. The summed E-state index contributed by atoms with van der Waals surface area (Å²) in [5, 5.41) is 2.70. The molecule has 1 atom stereocenters. The molecule has 0 spiro atoms. The van der Waals surface area contributed by atoms with Gasteiger partial charge in [-0.15, -0.1) is 0 Å². The molecule has 0 aliphatic carbocycles. The van der Waals surface area contributed by atoms with Crippen LogP contribution in [0.5, 0.6) is 0 Å². The first-order valence-electron chi connectivity index (χ1n) is 7.30. The number of nitrogens with one attached hydrogen (secondary N) is 2. The van der Waals surface area contributed by atoms with E-state index in [1.54, 1.807) is 18.3 Å². The monoisotopic (exact) mass is 300 g/mol. The van der Waals surface area contributed by atoms with Gasteiger partial charge in [-0.1, -0.05) is 26.0 Å². The van der Waals surface area contributed by atoms with Gasteiger partial charge in [-0.05, 0) is 42.2 Å². The summed E-state index contributed by atoms with van der Waals surface area (Å²) in [7, 11) is 0. The molecule has 116 valence electrons. The number of carbonyl (C=O) groups excluding carboxylic acids is 2. The van der Waals surface area contributed by atoms with Gasteiger partial charge in [0, 0.05) is 11.9 Å². The smallest absolute Gasteiger partial charge is 0.355 e. The SMILES string of the molecule is CC[C@@H](C)c1ccc(NC(=O)COC(=O)c2ccc[nH]2)cc1. The predicted octanol–water partition coefficient (Wildman–Crippen LogP) is 3.32. The first-order valence-corrected chi connectivity index (χ1v) is 7.30. The molecule has 2 aromatic rings. The van der Waals surface area contributed by atoms with E-state index in [0.717, 1.165) is 6.42 Å². The number of amides is 1. The summed E-state index contributed by atoms with van der Waals surface area (Å²) in [6.07, 6.45) is 2.69. The Morgan fingerprint density at radius 2 is 1.95 bits per heavy atom. The fourth-order valence-corrected chi connectivity index (χ4v) is 1.99. The first kappa shape index (κ1) is 15.8. The molecule has 0 radical (unpaired) electrons. The number of hydrogen-bond acceptors (Lipinski definition) is 3. The number of carbonyl (C=O) groups is 2. The second kappa shape index (κ2) is 7.45. The van der Waals surface area contributed by atoms with Gasteiger partial charge in [0.15, 0.2) is 6.61 Å². The van der Waals surface area contributed by atoms with Crippen molar-refractivity contribution in [2.45, 2.75) is 26.2 Å². The van der Waals surface area contributed by atoms with Crippen LogP contribution in [-0.4, -0.2) is 23.5 Å². The van der Waals surface area contributed by atoms with Crippen LogP contribution < -0.4 is 5.32 Å². The molecule has 0 unspecified atom stereocenters. The van der Waals surface area contributed by atoms with E-state index in [9.17, 15) is 9.59 Å². The van der Waals surface area contributed by atoms with Gasteiger partial charge in [-0.25, -0.2) is 4.79 Å². The second-order valence-electron chi connectivity index (χ2n) is 5.14. The average Bonchev–Trinajstić information content (AvgIpc) is 3.07. The van der Waals surface area contributed by atoms with Crippen LogP contribution in [0.1, 0.15) is 42.2 Å². The zero-order chi connectivity index (χ0) is 15.9. The fourth-order valence-electron chi connectivity index (χ4n) is 1.99. The van der Waals surface area contributed by atoms with Crippen LogP contribution in [-0.2, 0) is 9.53 Å². The van der Waals surface area contributed by atoms with E-state index in [0.29, 0.717) is 17.3 Å². The van der Waals surface area contributed by atoms with E-state index in [2.05, 4.69) is 24.1 Å². The number of esters is 1. The summed E-state index contributed by atoms with van der Waals surface area (Å²) in [6, 6.07) is 11.0. The molecular formula is C17H20N2O3. The molecule has 22 heavy (non-hydrogen) atoms. The van der Waals surface area contributed by atoms with Crippen LogP contribution in [0.15, 0.2) is 42.6 Å². The zero-order valence-corrected chi connectivity index (χ0v) is 12.8. The molecule has 0 aliphatic rings. The maximum absolute atomic E-state index is 11.8. The van der Waals surface area contributed by atoms with Crippen LogP contribution in [0, 0.1) is 0 Å². The number of ether oxygens (including phenoxy) is 1. The van der Waals surface area contributed by atoms with Crippen molar-refractivity contribution in [3.8, 4) is 0 Å². The molecule has 2 N–H and O–H groups in total. The normalized spacial score (nSPS) is 11.7. The van der Waals surface area contributed by atoms with Crippen molar-refractivity contribution in [2.24, 2.45) is 0 Å². The van der Waals surface area contributed by atoms with Gasteiger partial charge in [-0.2, -0.15) is 0 Å². The number of aromatic amines is 1. The van der Waals surface area contributed by atoms with Gasteiger partial charge in [0.2, 0.25) is 0 Å². The third-order valence-electron chi connectivity index (χ3n) is 3.53. The summed E-state index contributed by atoms with van der Waals surface area (Å²) in [5.74, 6) is -0.421. The highest BCUT2D eigenvalue weighted by atomic mass is 16.5. The van der Waals surface area contributed by atoms with Crippen LogP contribution in [0.3, 0.4) is 0 Å². The number of hydrogen-bond donors (Lipinski definition) is 2. The van der Waals surface area contributed by atoms with Gasteiger partial charge in [0.05, 0.1) is 0 Å². The van der Waals surface area contributed by atoms with Gasteiger partial charge < -0.3 is 15.0 Å². The molecule has 2 rings (SSSR count). The summed E-state index contributed by atoms with van der Waals surface area (Å²) < 4.78 is 4.92. The zero-order valence-electron chi connectivity index (χ0n) is 12.8. The van der Waals surface area contributed by atoms with Crippen molar-refractivity contribution in [3.05, 3.63) is 53.9 Å². The highest BCUT2D eigenvalue weighted by molar-refractivity contribution is 5.94. The van der Waals surface area contributed by atoms with Crippen LogP contribution in [0.4, 0.5) is 5.69 Å². The standard InChI is InChI=1S/C17H20N2O3/c1-3-12(2)13-6-8-14(9-7-13)19-16(20)11-22-17(21)15-5-4-10-18-15/h4-10,12,18H,3,11H2,1-2H3,(H,19,20)/t12-/m1/s1. The average molecular weight is 300 g/mol. The second-order valence-corrected chi connectivity index (χ2v) is 5.14. The lowest BCUT2D eigenvalue weighted by Gasteiger charge is -2.10. The van der Waals surface area contributed by atoms with E-state index in [1.807, 2.05) is 24.3 Å². The van der Waals surface area contributed by atoms with Gasteiger partial charge in [0.1, 0.15) is 5.69 Å². The number of benzene rings is 1. The van der Waals surface area contributed by atoms with Crippen molar-refractivity contribution in [3.63, 3.8) is 0 Å². The minimum absolute atomic E-state index is 0.315. The van der Waals surface area contributed by atoms with E-state index < -0.39 is 5.97 Å². The summed E-state index contributed by atoms with van der Waals surface area (Å²) >= 11 is 0. The van der Waals surface area contributed by atoms with Crippen molar-refractivity contribution < 1.29 is 14.3 Å². The van der Waals surface area contributed by atoms with E-state index in [4.69, 9.17) is 4.74 Å². The molecule has 1 aromatic heterocycles. The van der Waals surface area contributed by atoms with Gasteiger partial charge in [0.25, 0.3) is 5.91 Å². The van der Waals surface area contributed by atoms with E-state index >= 15 is 0 Å². The molecule has 1 heterocycles. The third kappa shape index (κ3) is 4.22. The number of H-pyrrole nitrogens is 1. The number of aromatic nitrogens is 1. The Morgan fingerprint density at radius 3 is 2.55 bits per heavy atom. The van der Waals surface area contributed by atoms with Crippen LogP contribution >= 0.6 is 0 Å². The third-order valence-corrected chi connectivity index (χ3v) is 3.53. The summed E-state index contributed by atoms with van der Waals surface area (Å²) in [5.41, 5.74) is 2.25. The molecule has 0 bridgehead atoms. The van der Waals surface area contributed by atoms with Gasteiger partial charge >= 0.3 is 5.97 Å². The maximum atomic E-state index is 11.8. The Hall–Kier alpha value is -2.56. The summed E-state index contributed by atoms with van der Waals surface area (Å²) in [6.45, 7) is 3.98. The largest absolute Gasteiger partial charge is 0.451 e. The lowest BCUT2D eigenvalue weighted by atomic mass is 9.99. The molecule has 5 nitrogen and oxygen atoms in total. The predicted molar refractivity (Wildman–Crippen MR) is 84.9 cm³/mol. The Balaban J connectivity index is 1.83. The molecule has 0 aliphatic heterocycles. The number of rotatable bonds is 6. The Morgan fingerprint density at radius 1 is 1.23 bits per heavy atom. The fraction of sp³-hybridized carbons (Fsp3) is 0.294. The number of anilines is 1. The van der Waals surface area contributed by atoms with Crippen molar-refractivity contribution in [1.29, 1.82) is 0 Å². The molecular weight excluding hydrogens is 280 g/mol. The molecule has 0 saturated heterocycles. The molecule has 0 saturated carbocycles. The first-order chi connectivity index (χ1) is 10.6. The lowest BCUT2D eigenvalue weighted by molar-refractivity contribution is -0.119. The van der Waals surface area contributed by atoms with Crippen molar-refractivity contribution in [2.75, 3.05) is 11.9 Å². The Bertz CT molecular complexity index is 618. The highest BCUT2D eigenvalue weighted by Gasteiger charge is 2.11. The minimum Gasteiger partial charge on any atom is -0.451 e. The lowest BCUT2D eigenvalue weighted by Crippen LogP contribution is -2.21. The Kier molecular flexibility index (Phi) is 5.36. The van der Waals surface area contributed by atoms with Crippen molar-refractivity contribution >= 4 is 17.6 Å². The molecule has 1 aromatic carbocycles. The molecule has 0 fully saturated rings. The molecule has 5 heteroatoms. The molecule has 1 amide bonds. The van der Waals surface area contributed by atoms with Crippen LogP contribution in [0.2, 0.25) is 0 Å². The van der Waals surface area contributed by atoms with E-state index in [-0.39, 0.29) is 12.5 Å². The quantitative estimate of drug-likeness (QED) is 0.804. The summed E-state index contributed by atoms with van der Waals surface area (Å²) in [4.78, 5) is 26.1. The Labute approximate surface area is 129 Å². The van der Waals surface area contributed by atoms with Crippen molar-refractivity contribution in [1.82, 2.24) is 4.98 Å². The van der Waals surface area contributed by atoms with Gasteiger partial charge in [-0.3, -0.25) is 4.79 Å². The maximum Gasteiger partial charge on any atom is 0.355 e. The topological polar surface area (TPSA) is 71.2 Å².